The fraction of sp³-hybridized carbons (Fsp3) is 0.316. The van der Waals surface area contributed by atoms with Crippen molar-refractivity contribution in [2.45, 2.75) is 32.2 Å². The quantitative estimate of drug-likeness (QED) is 0.733. The van der Waals surface area contributed by atoms with Gasteiger partial charge in [0.05, 0.1) is 17.3 Å². The molecule has 0 aliphatic heterocycles. The number of hydrogen-bond acceptors (Lipinski definition) is 5. The monoisotopic (exact) mass is 365 g/mol. The van der Waals surface area contributed by atoms with E-state index in [0.29, 0.717) is 25.0 Å². The van der Waals surface area contributed by atoms with E-state index in [-0.39, 0.29) is 17.6 Å². The molecule has 2 N–H and O–H groups in total. The summed E-state index contributed by atoms with van der Waals surface area (Å²) in [7, 11) is 0. The largest absolute Gasteiger partial charge is 0.481 e. The molecular weight excluding hydrogens is 346 g/mol. The maximum Gasteiger partial charge on any atom is 0.306 e. The Morgan fingerprint density at radius 3 is 2.89 bits per heavy atom. The zero-order chi connectivity index (χ0) is 19.0. The Morgan fingerprint density at radius 2 is 2.11 bits per heavy atom. The first-order valence-corrected chi connectivity index (χ1v) is 8.83. The van der Waals surface area contributed by atoms with E-state index in [2.05, 4.69) is 20.6 Å². The zero-order valence-corrected chi connectivity index (χ0v) is 14.8. The van der Waals surface area contributed by atoms with Crippen LogP contribution < -0.4 is 5.32 Å². The van der Waals surface area contributed by atoms with Crippen LogP contribution in [-0.4, -0.2) is 43.0 Å². The van der Waals surface area contributed by atoms with E-state index in [9.17, 15) is 9.59 Å². The molecule has 8 heteroatoms. The second-order valence-corrected chi connectivity index (χ2v) is 6.83. The van der Waals surface area contributed by atoms with Crippen molar-refractivity contribution < 1.29 is 14.7 Å². The molecule has 0 saturated heterocycles. The number of carbonyl (C=O) groups excluding carboxylic acids is 1. The van der Waals surface area contributed by atoms with Crippen molar-refractivity contribution >= 4 is 22.6 Å². The normalized spacial score (nSPS) is 19.3. The summed E-state index contributed by atoms with van der Waals surface area (Å²) in [4.78, 5) is 27.8. The van der Waals surface area contributed by atoms with Crippen LogP contribution >= 0.6 is 0 Å². The van der Waals surface area contributed by atoms with E-state index < -0.39 is 11.9 Å². The molecule has 0 unspecified atom stereocenters. The number of fused-ring (bicyclic) bond motifs is 1. The minimum atomic E-state index is -0.806. The number of nitrogens with zero attached hydrogens (tertiary/aromatic N) is 4. The average molecular weight is 365 g/mol. The summed E-state index contributed by atoms with van der Waals surface area (Å²) in [5, 5.41) is 22.2. The summed E-state index contributed by atoms with van der Waals surface area (Å²) in [6.07, 6.45) is 5.18. The zero-order valence-electron chi connectivity index (χ0n) is 14.8. The Hall–Kier alpha value is -3.29. The van der Waals surface area contributed by atoms with Crippen molar-refractivity contribution in [3.63, 3.8) is 0 Å². The van der Waals surface area contributed by atoms with Gasteiger partial charge in [-0.3, -0.25) is 14.6 Å². The highest BCUT2D eigenvalue weighted by Crippen LogP contribution is 2.26. The molecule has 0 spiro atoms. The van der Waals surface area contributed by atoms with Crippen LogP contribution in [0.15, 0.2) is 36.7 Å². The van der Waals surface area contributed by atoms with Crippen LogP contribution in [0.2, 0.25) is 0 Å². The molecule has 2 heterocycles. The van der Waals surface area contributed by atoms with Crippen LogP contribution in [0.4, 0.5) is 0 Å². The van der Waals surface area contributed by atoms with Crippen molar-refractivity contribution in [1.29, 1.82) is 0 Å². The smallest absolute Gasteiger partial charge is 0.306 e. The maximum atomic E-state index is 12.6. The van der Waals surface area contributed by atoms with Crippen molar-refractivity contribution in [1.82, 2.24) is 25.3 Å². The number of hydrogen-bond donors (Lipinski definition) is 2. The second kappa shape index (κ2) is 6.79. The number of benzene rings is 1. The number of carbonyl (C=O) groups is 2. The summed E-state index contributed by atoms with van der Waals surface area (Å²) in [5.41, 5.74) is 1.70. The van der Waals surface area contributed by atoms with Crippen LogP contribution in [0.3, 0.4) is 0 Å². The van der Waals surface area contributed by atoms with Crippen molar-refractivity contribution in [2.75, 3.05) is 0 Å². The molecule has 1 fully saturated rings. The number of amides is 1. The molecule has 1 aliphatic rings. The Balaban J connectivity index is 1.59. The molecule has 1 saturated carbocycles. The molecule has 2 atom stereocenters. The van der Waals surface area contributed by atoms with Gasteiger partial charge in [0.2, 0.25) is 0 Å². The number of aromatic nitrogens is 4. The predicted octanol–water partition coefficient (Wildman–Crippen LogP) is 2.11. The van der Waals surface area contributed by atoms with Crippen LogP contribution in [0.25, 0.3) is 16.5 Å². The predicted molar refractivity (Wildman–Crippen MR) is 97.6 cm³/mol. The topological polar surface area (TPSA) is 110 Å². The molecule has 8 nitrogen and oxygen atoms in total. The Morgan fingerprint density at radius 1 is 1.26 bits per heavy atom. The molecule has 138 valence electrons. The molecule has 2 aromatic heterocycles. The minimum absolute atomic E-state index is 0.147. The standard InChI is InChI=1S/C19H19N5O3/c1-11-17(18(25)21-14-6-5-12(9-14)19(26)27)22-23-24(11)16-4-2-3-13-10-20-8-7-15(13)16/h2-4,7-8,10,12,14H,5-6,9H2,1H3,(H,21,25)(H,26,27)/t12-,14+/m0/s1. The van der Waals surface area contributed by atoms with Crippen molar-refractivity contribution in [2.24, 2.45) is 5.92 Å². The Labute approximate surface area is 155 Å². The first kappa shape index (κ1) is 17.1. The van der Waals surface area contributed by atoms with Gasteiger partial charge in [0.1, 0.15) is 0 Å². The Kier molecular flexibility index (Phi) is 4.31. The fourth-order valence-electron chi connectivity index (χ4n) is 3.65. The van der Waals surface area contributed by atoms with Gasteiger partial charge < -0.3 is 10.4 Å². The highest BCUT2D eigenvalue weighted by molar-refractivity contribution is 5.94. The third kappa shape index (κ3) is 3.14. The first-order valence-electron chi connectivity index (χ1n) is 8.83. The van der Waals surface area contributed by atoms with E-state index in [0.717, 1.165) is 16.5 Å². The third-order valence-corrected chi connectivity index (χ3v) is 5.11. The van der Waals surface area contributed by atoms with E-state index in [1.165, 1.54) is 0 Å². The SMILES string of the molecule is Cc1c(C(=O)N[C@@H]2CC[C@H](C(=O)O)C2)nnn1-c1cccc2cnccc12. The van der Waals surface area contributed by atoms with Gasteiger partial charge in [0, 0.05) is 29.2 Å². The van der Waals surface area contributed by atoms with E-state index in [1.54, 1.807) is 24.0 Å². The third-order valence-electron chi connectivity index (χ3n) is 5.11. The van der Waals surface area contributed by atoms with Gasteiger partial charge in [-0.15, -0.1) is 5.10 Å². The van der Waals surface area contributed by atoms with Crippen LogP contribution in [-0.2, 0) is 4.79 Å². The molecule has 1 aliphatic carbocycles. The van der Waals surface area contributed by atoms with Crippen molar-refractivity contribution in [3.05, 3.63) is 48.0 Å². The lowest BCUT2D eigenvalue weighted by Crippen LogP contribution is -2.34. The van der Waals surface area contributed by atoms with Gasteiger partial charge in [-0.25, -0.2) is 4.68 Å². The van der Waals surface area contributed by atoms with Gasteiger partial charge in [0.25, 0.3) is 5.91 Å². The van der Waals surface area contributed by atoms with Gasteiger partial charge in [-0.2, -0.15) is 0 Å². The number of aliphatic carboxylic acids is 1. The summed E-state index contributed by atoms with van der Waals surface area (Å²) in [6, 6.07) is 7.54. The minimum Gasteiger partial charge on any atom is -0.481 e. The molecule has 0 radical (unpaired) electrons. The highest BCUT2D eigenvalue weighted by Gasteiger charge is 2.31. The van der Waals surface area contributed by atoms with Crippen LogP contribution in [0, 0.1) is 12.8 Å². The molecule has 0 bridgehead atoms. The lowest BCUT2D eigenvalue weighted by molar-refractivity contribution is -0.141. The highest BCUT2D eigenvalue weighted by atomic mass is 16.4. The number of carboxylic acids is 1. The van der Waals surface area contributed by atoms with Crippen LogP contribution in [0.5, 0.6) is 0 Å². The molecule has 1 aromatic carbocycles. The fourth-order valence-corrected chi connectivity index (χ4v) is 3.65. The summed E-state index contributed by atoms with van der Waals surface area (Å²) < 4.78 is 1.64. The average Bonchev–Trinajstić information content (AvgIpc) is 3.28. The number of carboxylic acid groups (broad SMARTS) is 1. The number of pyridine rings is 1. The van der Waals surface area contributed by atoms with Gasteiger partial charge in [-0.1, -0.05) is 17.3 Å². The summed E-state index contributed by atoms with van der Waals surface area (Å²) in [6.45, 7) is 1.80. The molecule has 1 amide bonds. The van der Waals surface area contributed by atoms with Gasteiger partial charge in [-0.05, 0) is 38.3 Å². The molecular formula is C19H19N5O3. The molecule has 4 rings (SSSR count). The lowest BCUT2D eigenvalue weighted by atomic mass is 10.1. The summed E-state index contributed by atoms with van der Waals surface area (Å²) >= 11 is 0. The molecule has 27 heavy (non-hydrogen) atoms. The summed E-state index contributed by atoms with van der Waals surface area (Å²) in [5.74, 6) is -1.52. The lowest BCUT2D eigenvalue weighted by Gasteiger charge is -2.12. The second-order valence-electron chi connectivity index (χ2n) is 6.83. The molecule has 3 aromatic rings. The van der Waals surface area contributed by atoms with Crippen LogP contribution in [0.1, 0.15) is 35.4 Å². The Bertz CT molecular complexity index is 1020. The van der Waals surface area contributed by atoms with Crippen molar-refractivity contribution in [3.8, 4) is 5.69 Å². The maximum absolute atomic E-state index is 12.6. The van der Waals surface area contributed by atoms with E-state index in [1.807, 2.05) is 24.3 Å². The number of nitrogens with one attached hydrogen (secondary N) is 1. The van der Waals surface area contributed by atoms with E-state index >= 15 is 0 Å². The van der Waals surface area contributed by atoms with E-state index in [4.69, 9.17) is 5.11 Å². The first-order chi connectivity index (χ1) is 13.0. The van der Waals surface area contributed by atoms with Gasteiger partial charge in [0.15, 0.2) is 5.69 Å². The number of rotatable bonds is 4. The van der Waals surface area contributed by atoms with Gasteiger partial charge >= 0.3 is 5.97 Å².